The van der Waals surface area contributed by atoms with E-state index in [0.717, 1.165) is 41.7 Å². The molecule has 0 fully saturated rings. The van der Waals surface area contributed by atoms with Crippen LogP contribution in [-0.4, -0.2) is 42.0 Å². The van der Waals surface area contributed by atoms with Crippen molar-refractivity contribution in [2.75, 3.05) is 26.2 Å². The van der Waals surface area contributed by atoms with Crippen molar-refractivity contribution in [2.45, 2.75) is 13.8 Å². The van der Waals surface area contributed by atoms with Gasteiger partial charge in [-0.2, -0.15) is 0 Å². The third-order valence-corrected chi connectivity index (χ3v) is 4.90. The fourth-order valence-corrected chi connectivity index (χ4v) is 3.34. The summed E-state index contributed by atoms with van der Waals surface area (Å²) in [6.07, 6.45) is 0. The molecule has 0 radical (unpaired) electrons. The molecule has 0 spiro atoms. The Morgan fingerprint density at radius 3 is 2.50 bits per heavy atom. The van der Waals surface area contributed by atoms with Gasteiger partial charge in [0, 0.05) is 28.9 Å². The number of likely N-dealkylation sites (N-methyl/N-ethyl adjacent to an activating group) is 1. The van der Waals surface area contributed by atoms with Crippen molar-refractivity contribution in [1.29, 1.82) is 0 Å². The van der Waals surface area contributed by atoms with Crippen molar-refractivity contribution in [1.82, 2.24) is 15.2 Å². The van der Waals surface area contributed by atoms with Crippen molar-refractivity contribution in [2.24, 2.45) is 0 Å². The van der Waals surface area contributed by atoms with Gasteiger partial charge in [-0.05, 0) is 30.8 Å². The average molecular weight is 370 g/mol. The maximum Gasteiger partial charge on any atom is 0.268 e. The van der Waals surface area contributed by atoms with Crippen LogP contribution < -0.4 is 5.32 Å². The van der Waals surface area contributed by atoms with E-state index in [0.29, 0.717) is 17.3 Å². The highest BCUT2D eigenvalue weighted by atomic mass is 35.5. The van der Waals surface area contributed by atoms with E-state index in [2.05, 4.69) is 29.0 Å². The molecular weight excluding hydrogens is 346 g/mol. The predicted molar refractivity (Wildman–Crippen MR) is 109 cm³/mol. The van der Waals surface area contributed by atoms with Gasteiger partial charge in [0.1, 0.15) is 5.69 Å². The highest BCUT2D eigenvalue weighted by Gasteiger charge is 2.17. The van der Waals surface area contributed by atoms with Gasteiger partial charge in [0.05, 0.1) is 5.69 Å². The number of hydrogen-bond acceptors (Lipinski definition) is 2. The first-order chi connectivity index (χ1) is 12.6. The fraction of sp³-hybridized carbons (Fsp3) is 0.286. The molecule has 1 amide bonds. The minimum atomic E-state index is -0.105. The number of nitrogens with one attached hydrogen (secondary N) is 2. The average Bonchev–Trinajstić information content (AvgIpc) is 3.04. The number of benzene rings is 2. The summed E-state index contributed by atoms with van der Waals surface area (Å²) in [6.45, 7) is 7.65. The topological polar surface area (TPSA) is 48.1 Å². The van der Waals surface area contributed by atoms with E-state index < -0.39 is 0 Å². The molecule has 1 heterocycles. The van der Waals surface area contributed by atoms with Crippen molar-refractivity contribution in [3.8, 4) is 11.3 Å². The zero-order valence-electron chi connectivity index (χ0n) is 15.2. The van der Waals surface area contributed by atoms with E-state index in [-0.39, 0.29) is 5.91 Å². The Bertz CT molecular complexity index is 885. The zero-order chi connectivity index (χ0) is 18.5. The lowest BCUT2D eigenvalue weighted by Crippen LogP contribution is -2.35. The molecule has 0 saturated heterocycles. The van der Waals surface area contributed by atoms with Crippen LogP contribution >= 0.6 is 11.6 Å². The molecule has 5 heteroatoms. The minimum Gasteiger partial charge on any atom is -0.350 e. The molecule has 3 rings (SSSR count). The summed E-state index contributed by atoms with van der Waals surface area (Å²) in [5, 5.41) is 5.48. The van der Waals surface area contributed by atoms with Gasteiger partial charge in [0.15, 0.2) is 0 Å². The van der Waals surface area contributed by atoms with Crippen LogP contribution in [0.4, 0.5) is 0 Å². The van der Waals surface area contributed by atoms with Crippen molar-refractivity contribution < 1.29 is 4.79 Å². The lowest BCUT2D eigenvalue weighted by atomic mass is 10.1. The second-order valence-electron chi connectivity index (χ2n) is 6.21. The number of halogens is 1. The Balaban J connectivity index is 1.90. The summed E-state index contributed by atoms with van der Waals surface area (Å²) in [5.74, 6) is -0.105. The van der Waals surface area contributed by atoms with Gasteiger partial charge in [-0.25, -0.2) is 0 Å². The van der Waals surface area contributed by atoms with E-state index >= 15 is 0 Å². The van der Waals surface area contributed by atoms with E-state index in [9.17, 15) is 4.79 Å². The molecule has 0 aliphatic rings. The number of amides is 1. The van der Waals surface area contributed by atoms with Gasteiger partial charge in [-0.1, -0.05) is 61.8 Å². The smallest absolute Gasteiger partial charge is 0.268 e. The van der Waals surface area contributed by atoms with Crippen LogP contribution in [-0.2, 0) is 0 Å². The summed E-state index contributed by atoms with van der Waals surface area (Å²) in [5.41, 5.74) is 2.54. The Morgan fingerprint density at radius 2 is 1.81 bits per heavy atom. The second-order valence-corrected chi connectivity index (χ2v) is 6.65. The third-order valence-electron chi connectivity index (χ3n) is 4.67. The van der Waals surface area contributed by atoms with E-state index in [1.165, 1.54) is 0 Å². The van der Waals surface area contributed by atoms with E-state index in [1.807, 2.05) is 48.5 Å². The van der Waals surface area contributed by atoms with Crippen molar-refractivity contribution in [3.63, 3.8) is 0 Å². The number of carbonyl (C=O) groups excluding carboxylic acids is 1. The van der Waals surface area contributed by atoms with E-state index in [4.69, 9.17) is 11.6 Å². The van der Waals surface area contributed by atoms with Crippen LogP contribution in [0.2, 0.25) is 5.02 Å². The van der Waals surface area contributed by atoms with Crippen LogP contribution in [0.5, 0.6) is 0 Å². The van der Waals surface area contributed by atoms with Crippen LogP contribution in [0.1, 0.15) is 24.3 Å². The highest BCUT2D eigenvalue weighted by Crippen LogP contribution is 2.32. The highest BCUT2D eigenvalue weighted by molar-refractivity contribution is 6.31. The minimum absolute atomic E-state index is 0.105. The number of hydrogen-bond donors (Lipinski definition) is 2. The SMILES string of the molecule is CCN(CC)CCNC(=O)c1[nH]c(-c2ccccc2)c2ccc(Cl)cc12. The number of H-pyrrole nitrogens is 1. The lowest BCUT2D eigenvalue weighted by Gasteiger charge is -2.17. The van der Waals surface area contributed by atoms with Gasteiger partial charge in [0.2, 0.25) is 0 Å². The summed E-state index contributed by atoms with van der Waals surface area (Å²) in [4.78, 5) is 18.4. The molecule has 136 valence electrons. The van der Waals surface area contributed by atoms with Gasteiger partial charge in [-0.15, -0.1) is 0 Å². The first kappa shape index (κ1) is 18.5. The molecule has 0 aliphatic carbocycles. The first-order valence-electron chi connectivity index (χ1n) is 9.01. The van der Waals surface area contributed by atoms with Gasteiger partial charge in [-0.3, -0.25) is 4.79 Å². The summed E-state index contributed by atoms with van der Waals surface area (Å²) >= 11 is 6.18. The Labute approximate surface area is 159 Å². The quantitative estimate of drug-likeness (QED) is 0.641. The maximum atomic E-state index is 12.8. The van der Waals surface area contributed by atoms with Gasteiger partial charge >= 0.3 is 0 Å². The van der Waals surface area contributed by atoms with Crippen molar-refractivity contribution in [3.05, 3.63) is 59.2 Å². The molecule has 0 aliphatic heterocycles. The summed E-state index contributed by atoms with van der Waals surface area (Å²) < 4.78 is 0. The summed E-state index contributed by atoms with van der Waals surface area (Å²) in [7, 11) is 0. The molecule has 0 saturated carbocycles. The second kappa shape index (κ2) is 8.39. The maximum absolute atomic E-state index is 12.8. The first-order valence-corrected chi connectivity index (χ1v) is 9.39. The number of nitrogens with zero attached hydrogens (tertiary/aromatic N) is 1. The molecule has 4 nitrogen and oxygen atoms in total. The number of rotatable bonds is 7. The van der Waals surface area contributed by atoms with E-state index in [1.54, 1.807) is 0 Å². The Hall–Kier alpha value is -2.30. The molecule has 2 N–H and O–H groups in total. The predicted octanol–water partition coefficient (Wildman–Crippen LogP) is 4.56. The number of aromatic nitrogens is 1. The number of fused-ring (bicyclic) bond motifs is 1. The third kappa shape index (κ3) is 3.92. The standard InChI is InChI=1S/C21H24ClN3O/c1-3-25(4-2)13-12-23-21(26)20-18-14-16(22)10-11-17(18)19(24-20)15-8-6-5-7-9-15/h5-11,14,24H,3-4,12-13H2,1-2H3,(H,23,26). The van der Waals surface area contributed by atoms with Gasteiger partial charge < -0.3 is 15.2 Å². The van der Waals surface area contributed by atoms with Crippen LogP contribution in [0.3, 0.4) is 0 Å². The van der Waals surface area contributed by atoms with Crippen LogP contribution in [0.15, 0.2) is 48.5 Å². The molecular formula is C21H24ClN3O. The molecule has 0 unspecified atom stereocenters. The Kier molecular flexibility index (Phi) is 5.96. The molecule has 26 heavy (non-hydrogen) atoms. The zero-order valence-corrected chi connectivity index (χ0v) is 15.9. The molecule has 3 aromatic rings. The number of carbonyl (C=O) groups is 1. The largest absolute Gasteiger partial charge is 0.350 e. The lowest BCUT2D eigenvalue weighted by molar-refractivity contribution is 0.0946. The normalized spacial score (nSPS) is 11.2. The van der Waals surface area contributed by atoms with Crippen LogP contribution in [0, 0.1) is 0 Å². The number of aromatic amines is 1. The molecule has 0 bridgehead atoms. The van der Waals surface area contributed by atoms with Gasteiger partial charge in [0.25, 0.3) is 5.91 Å². The van der Waals surface area contributed by atoms with Crippen molar-refractivity contribution >= 4 is 28.3 Å². The molecule has 1 aromatic heterocycles. The fourth-order valence-electron chi connectivity index (χ4n) is 3.17. The van der Waals surface area contributed by atoms with Crippen LogP contribution in [0.25, 0.3) is 22.0 Å². The summed E-state index contributed by atoms with van der Waals surface area (Å²) in [6, 6.07) is 15.7. The monoisotopic (exact) mass is 369 g/mol. The molecule has 0 atom stereocenters. The molecule has 2 aromatic carbocycles. The Morgan fingerprint density at radius 1 is 1.08 bits per heavy atom.